The highest BCUT2D eigenvalue weighted by molar-refractivity contribution is 5.76. The zero-order valence-corrected chi connectivity index (χ0v) is 17.2. The summed E-state index contributed by atoms with van der Waals surface area (Å²) in [4.78, 5) is 14.9. The van der Waals surface area contributed by atoms with Gasteiger partial charge in [-0.25, -0.2) is 4.39 Å². The van der Waals surface area contributed by atoms with E-state index in [4.69, 9.17) is 4.74 Å². The van der Waals surface area contributed by atoms with Crippen molar-refractivity contribution in [3.05, 3.63) is 65.5 Å². The van der Waals surface area contributed by atoms with Crippen molar-refractivity contribution in [3.8, 4) is 5.75 Å². The smallest absolute Gasteiger partial charge is 0.275 e. The minimum Gasteiger partial charge on any atom is -0.496 e. The van der Waals surface area contributed by atoms with Crippen LogP contribution in [0.3, 0.4) is 0 Å². The monoisotopic (exact) mass is 401 g/mol. The maximum absolute atomic E-state index is 13.6. The molecule has 0 aliphatic carbocycles. The molecule has 1 fully saturated rings. The molecule has 2 aromatic rings. The van der Waals surface area contributed by atoms with Gasteiger partial charge in [-0.05, 0) is 36.6 Å². The Morgan fingerprint density at radius 2 is 1.79 bits per heavy atom. The Hall–Kier alpha value is -2.44. The number of piperazine rings is 1. The number of carbonyl (C=O) groups is 1. The summed E-state index contributed by atoms with van der Waals surface area (Å²) in [6.07, 6.45) is 1.94. The van der Waals surface area contributed by atoms with E-state index in [1.807, 2.05) is 18.2 Å². The van der Waals surface area contributed by atoms with Gasteiger partial charge in [-0.15, -0.1) is 0 Å². The zero-order valence-electron chi connectivity index (χ0n) is 17.2. The molecule has 2 aromatic carbocycles. The number of hydrogen-bond donors (Lipinski definition) is 3. The molecule has 0 unspecified atom stereocenters. The van der Waals surface area contributed by atoms with Crippen LogP contribution in [0.2, 0.25) is 0 Å². The number of halogens is 1. The van der Waals surface area contributed by atoms with Crippen LogP contribution in [0, 0.1) is 5.82 Å². The summed E-state index contributed by atoms with van der Waals surface area (Å²) in [5.41, 5.74) is 2.21. The molecule has 0 aromatic heterocycles. The number of methoxy groups -OCH3 is 1. The van der Waals surface area contributed by atoms with E-state index in [0.717, 1.165) is 63.4 Å². The molecule has 1 heterocycles. The predicted octanol–water partition coefficient (Wildman–Crippen LogP) is -0.133. The van der Waals surface area contributed by atoms with Gasteiger partial charge in [0.05, 0.1) is 12.7 Å². The molecule has 29 heavy (non-hydrogen) atoms. The van der Waals surface area contributed by atoms with E-state index in [2.05, 4.69) is 17.4 Å². The van der Waals surface area contributed by atoms with E-state index in [-0.39, 0.29) is 11.7 Å². The van der Waals surface area contributed by atoms with Gasteiger partial charge in [0.15, 0.2) is 6.54 Å². The first-order chi connectivity index (χ1) is 14.1. The van der Waals surface area contributed by atoms with E-state index in [1.54, 1.807) is 19.2 Å². The van der Waals surface area contributed by atoms with Crippen molar-refractivity contribution in [1.82, 2.24) is 5.32 Å². The third kappa shape index (κ3) is 6.84. The molecule has 1 aliphatic heterocycles. The van der Waals surface area contributed by atoms with Crippen molar-refractivity contribution < 1.29 is 23.7 Å². The molecular formula is C23H32FN3O2+2. The van der Waals surface area contributed by atoms with Crippen LogP contribution in [0.15, 0.2) is 48.5 Å². The van der Waals surface area contributed by atoms with E-state index < -0.39 is 0 Å². The summed E-state index contributed by atoms with van der Waals surface area (Å²) < 4.78 is 18.9. The summed E-state index contributed by atoms with van der Waals surface area (Å²) in [7, 11) is 1.62. The first-order valence-corrected chi connectivity index (χ1v) is 10.4. The molecule has 1 amide bonds. The minimum absolute atomic E-state index is 0.128. The fraction of sp³-hybridized carbons (Fsp3) is 0.435. The van der Waals surface area contributed by atoms with Crippen LogP contribution in [0.1, 0.15) is 17.5 Å². The molecular weight excluding hydrogens is 369 g/mol. The predicted molar refractivity (Wildman–Crippen MR) is 111 cm³/mol. The van der Waals surface area contributed by atoms with Gasteiger partial charge >= 0.3 is 0 Å². The van der Waals surface area contributed by atoms with Crippen molar-refractivity contribution in [1.29, 1.82) is 0 Å². The Bertz CT molecular complexity index is 777. The second-order valence-electron chi connectivity index (χ2n) is 7.75. The molecule has 1 saturated heterocycles. The molecule has 156 valence electrons. The lowest BCUT2D eigenvalue weighted by Crippen LogP contribution is -3.28. The SMILES string of the molecule is COc1ccc(F)cc1C[NH+]1CC[NH+](CC(=O)NCCCc2ccccc2)CC1. The minimum atomic E-state index is -0.228. The van der Waals surface area contributed by atoms with E-state index in [1.165, 1.54) is 21.4 Å². The van der Waals surface area contributed by atoms with Gasteiger partial charge in [-0.3, -0.25) is 4.79 Å². The number of carbonyl (C=O) groups excluding carboxylic acids is 1. The topological polar surface area (TPSA) is 47.2 Å². The quantitative estimate of drug-likeness (QED) is 0.513. The second kappa shape index (κ2) is 10.9. The summed E-state index contributed by atoms with van der Waals surface area (Å²) in [6, 6.07) is 15.0. The van der Waals surface area contributed by atoms with Crippen molar-refractivity contribution in [3.63, 3.8) is 0 Å². The molecule has 6 heteroatoms. The maximum Gasteiger partial charge on any atom is 0.275 e. The maximum atomic E-state index is 13.6. The summed E-state index contributed by atoms with van der Waals surface area (Å²) in [6.45, 7) is 5.83. The number of rotatable bonds is 9. The molecule has 3 rings (SSSR count). The van der Waals surface area contributed by atoms with Gasteiger partial charge in [0, 0.05) is 6.54 Å². The third-order valence-electron chi connectivity index (χ3n) is 5.56. The van der Waals surface area contributed by atoms with Gasteiger partial charge in [-0.1, -0.05) is 30.3 Å². The number of nitrogens with one attached hydrogen (secondary N) is 3. The number of aryl methyl sites for hydroxylation is 1. The highest BCUT2D eigenvalue weighted by Gasteiger charge is 2.25. The molecule has 0 spiro atoms. The fourth-order valence-corrected chi connectivity index (χ4v) is 3.92. The lowest BCUT2D eigenvalue weighted by atomic mass is 10.1. The Morgan fingerprint density at radius 1 is 1.07 bits per heavy atom. The van der Waals surface area contributed by atoms with Gasteiger partial charge in [0.25, 0.3) is 5.91 Å². The first kappa shape index (κ1) is 21.3. The van der Waals surface area contributed by atoms with E-state index >= 15 is 0 Å². The molecule has 3 N–H and O–H groups in total. The fourth-order valence-electron chi connectivity index (χ4n) is 3.92. The van der Waals surface area contributed by atoms with Crippen molar-refractivity contribution in [2.45, 2.75) is 19.4 Å². The number of benzene rings is 2. The zero-order chi connectivity index (χ0) is 20.5. The number of amides is 1. The Balaban J connectivity index is 1.34. The molecule has 0 atom stereocenters. The Morgan fingerprint density at radius 3 is 2.52 bits per heavy atom. The average molecular weight is 402 g/mol. The van der Waals surface area contributed by atoms with Gasteiger partial charge < -0.3 is 19.9 Å². The first-order valence-electron chi connectivity index (χ1n) is 10.4. The molecule has 5 nitrogen and oxygen atoms in total. The van der Waals surface area contributed by atoms with Gasteiger partial charge in [0.1, 0.15) is 44.3 Å². The van der Waals surface area contributed by atoms with Crippen LogP contribution in [-0.4, -0.2) is 52.3 Å². The van der Waals surface area contributed by atoms with Crippen LogP contribution in [-0.2, 0) is 17.8 Å². The van der Waals surface area contributed by atoms with Crippen LogP contribution >= 0.6 is 0 Å². The lowest BCUT2D eigenvalue weighted by Gasteiger charge is -2.29. The molecule has 0 saturated carbocycles. The standard InChI is InChI=1S/C23H30FN3O2/c1-29-22-10-9-21(24)16-20(22)17-26-12-14-27(15-13-26)18-23(28)25-11-5-8-19-6-3-2-4-7-19/h2-4,6-7,9-10,16H,5,8,11-15,17-18H2,1H3,(H,25,28)/p+2. The van der Waals surface area contributed by atoms with Crippen LogP contribution in [0.4, 0.5) is 4.39 Å². The molecule has 0 bridgehead atoms. The van der Waals surface area contributed by atoms with Crippen LogP contribution < -0.4 is 19.9 Å². The highest BCUT2D eigenvalue weighted by atomic mass is 19.1. The second-order valence-corrected chi connectivity index (χ2v) is 7.75. The van der Waals surface area contributed by atoms with Gasteiger partial charge in [0.2, 0.25) is 0 Å². The number of hydrogen-bond acceptors (Lipinski definition) is 2. The lowest BCUT2D eigenvalue weighted by molar-refractivity contribution is -1.02. The highest BCUT2D eigenvalue weighted by Crippen LogP contribution is 2.18. The Labute approximate surface area is 172 Å². The average Bonchev–Trinajstić information content (AvgIpc) is 2.74. The third-order valence-corrected chi connectivity index (χ3v) is 5.56. The number of quaternary nitrogens is 2. The van der Waals surface area contributed by atoms with Crippen molar-refractivity contribution in [2.75, 3.05) is 46.4 Å². The van der Waals surface area contributed by atoms with Crippen LogP contribution in [0.5, 0.6) is 5.75 Å². The van der Waals surface area contributed by atoms with E-state index in [9.17, 15) is 9.18 Å². The Kier molecular flexibility index (Phi) is 8.02. The van der Waals surface area contributed by atoms with Gasteiger partial charge in [-0.2, -0.15) is 0 Å². The summed E-state index contributed by atoms with van der Waals surface area (Å²) in [5, 5.41) is 3.05. The number of ether oxygens (including phenoxy) is 1. The summed E-state index contributed by atoms with van der Waals surface area (Å²) in [5.74, 6) is 0.639. The normalized spacial score (nSPS) is 19.0. The summed E-state index contributed by atoms with van der Waals surface area (Å²) >= 11 is 0. The van der Waals surface area contributed by atoms with Crippen molar-refractivity contribution >= 4 is 5.91 Å². The largest absolute Gasteiger partial charge is 0.496 e. The van der Waals surface area contributed by atoms with E-state index in [0.29, 0.717) is 6.54 Å². The molecule has 1 aliphatic rings. The van der Waals surface area contributed by atoms with Crippen molar-refractivity contribution in [2.24, 2.45) is 0 Å². The van der Waals surface area contributed by atoms with Crippen LogP contribution in [0.25, 0.3) is 0 Å². The molecule has 0 radical (unpaired) electrons.